The molecule has 1 amide bonds. The van der Waals surface area contributed by atoms with Gasteiger partial charge in [-0.3, -0.25) is 9.69 Å². The minimum Gasteiger partial charge on any atom is -0.277 e. The molecule has 3 rings (SSSR count). The molecule has 0 heterocycles. The van der Waals surface area contributed by atoms with E-state index < -0.39 is 0 Å². The topological polar surface area (TPSA) is 20.3 Å². The largest absolute Gasteiger partial charge is 0.277 e. The maximum Gasteiger partial charge on any atom is 0.262 e. The molecule has 0 aromatic heterocycles. The predicted octanol–water partition coefficient (Wildman–Crippen LogP) is 5.28. The first-order valence-electron chi connectivity index (χ1n) is 7.68. The summed E-state index contributed by atoms with van der Waals surface area (Å²) in [5.41, 5.74) is 4.75. The second-order valence-electron chi connectivity index (χ2n) is 5.68. The zero-order valence-corrected chi connectivity index (χ0v) is 13.4. The van der Waals surface area contributed by atoms with Crippen molar-refractivity contribution in [1.29, 1.82) is 0 Å². The van der Waals surface area contributed by atoms with Gasteiger partial charge in [0, 0.05) is 16.9 Å². The van der Waals surface area contributed by atoms with Crippen LogP contribution in [0.3, 0.4) is 0 Å². The molecule has 0 fully saturated rings. The summed E-state index contributed by atoms with van der Waals surface area (Å²) in [6.45, 7) is 4.08. The summed E-state index contributed by atoms with van der Waals surface area (Å²) >= 11 is 0. The van der Waals surface area contributed by atoms with E-state index in [0.29, 0.717) is 5.56 Å². The SMILES string of the molecule is Cc1ccc(N(C(=O)c2ccccc2)c2ccc(C)cc2)cc1. The van der Waals surface area contributed by atoms with Gasteiger partial charge in [-0.1, -0.05) is 53.6 Å². The lowest BCUT2D eigenvalue weighted by molar-refractivity contribution is 0.0999. The second kappa shape index (κ2) is 6.49. The molecule has 0 saturated heterocycles. The molecular weight excluding hydrogens is 282 g/mol. The number of aryl methyl sites for hydroxylation is 2. The number of rotatable bonds is 3. The predicted molar refractivity (Wildman–Crippen MR) is 95.3 cm³/mol. The number of nitrogens with zero attached hydrogens (tertiary/aromatic N) is 1. The lowest BCUT2D eigenvalue weighted by atomic mass is 10.1. The van der Waals surface area contributed by atoms with Crippen LogP contribution in [0.5, 0.6) is 0 Å². The van der Waals surface area contributed by atoms with Crippen LogP contribution < -0.4 is 4.90 Å². The molecule has 3 aromatic rings. The normalized spacial score (nSPS) is 10.3. The number of hydrogen-bond acceptors (Lipinski definition) is 1. The van der Waals surface area contributed by atoms with Gasteiger partial charge < -0.3 is 0 Å². The maximum absolute atomic E-state index is 13.0. The highest BCUT2D eigenvalue weighted by molar-refractivity contribution is 6.10. The van der Waals surface area contributed by atoms with E-state index in [1.54, 1.807) is 4.90 Å². The van der Waals surface area contributed by atoms with Crippen LogP contribution in [0.4, 0.5) is 11.4 Å². The second-order valence-corrected chi connectivity index (χ2v) is 5.68. The zero-order valence-electron chi connectivity index (χ0n) is 13.4. The van der Waals surface area contributed by atoms with Gasteiger partial charge in [0.05, 0.1) is 0 Å². The molecule has 0 aliphatic carbocycles. The van der Waals surface area contributed by atoms with Gasteiger partial charge in [-0.05, 0) is 50.2 Å². The van der Waals surface area contributed by atoms with Crippen LogP contribution in [-0.4, -0.2) is 5.91 Å². The highest BCUT2D eigenvalue weighted by Crippen LogP contribution is 2.28. The van der Waals surface area contributed by atoms with Crippen molar-refractivity contribution in [3.05, 3.63) is 95.6 Å². The van der Waals surface area contributed by atoms with Gasteiger partial charge in [0.25, 0.3) is 5.91 Å². The Bertz CT molecular complexity index is 744. The van der Waals surface area contributed by atoms with Crippen molar-refractivity contribution in [2.75, 3.05) is 4.90 Å². The lowest BCUT2D eigenvalue weighted by Gasteiger charge is -2.23. The molecule has 0 unspecified atom stereocenters. The van der Waals surface area contributed by atoms with E-state index in [-0.39, 0.29) is 5.91 Å². The van der Waals surface area contributed by atoms with E-state index in [2.05, 4.69) is 0 Å². The first-order chi connectivity index (χ1) is 11.1. The fraction of sp³-hybridized carbons (Fsp3) is 0.0952. The minimum absolute atomic E-state index is 0.0293. The average molecular weight is 301 g/mol. The Kier molecular flexibility index (Phi) is 4.24. The van der Waals surface area contributed by atoms with Crippen LogP contribution in [0.25, 0.3) is 0 Å². The average Bonchev–Trinajstić information content (AvgIpc) is 2.59. The number of amides is 1. The fourth-order valence-corrected chi connectivity index (χ4v) is 2.48. The van der Waals surface area contributed by atoms with E-state index in [9.17, 15) is 4.79 Å². The zero-order chi connectivity index (χ0) is 16.2. The third kappa shape index (κ3) is 3.32. The van der Waals surface area contributed by atoms with Crippen LogP contribution in [0.15, 0.2) is 78.9 Å². The van der Waals surface area contributed by atoms with Gasteiger partial charge in [0.2, 0.25) is 0 Å². The van der Waals surface area contributed by atoms with Gasteiger partial charge in [-0.15, -0.1) is 0 Å². The van der Waals surface area contributed by atoms with Crippen molar-refractivity contribution in [2.24, 2.45) is 0 Å². The molecule has 23 heavy (non-hydrogen) atoms. The summed E-state index contributed by atoms with van der Waals surface area (Å²) < 4.78 is 0. The van der Waals surface area contributed by atoms with Crippen LogP contribution in [0.1, 0.15) is 21.5 Å². The summed E-state index contributed by atoms with van der Waals surface area (Å²) in [6, 6.07) is 25.4. The molecule has 0 aliphatic rings. The van der Waals surface area contributed by atoms with E-state index in [1.165, 1.54) is 11.1 Å². The third-order valence-corrected chi connectivity index (χ3v) is 3.81. The standard InChI is InChI=1S/C21H19NO/c1-16-8-12-19(13-9-16)22(20-14-10-17(2)11-15-20)21(23)18-6-4-3-5-7-18/h3-15H,1-2H3. The van der Waals surface area contributed by atoms with Gasteiger partial charge in [0.1, 0.15) is 0 Å². The summed E-state index contributed by atoms with van der Waals surface area (Å²) in [4.78, 5) is 14.8. The Morgan fingerprint density at radius 1 is 0.652 bits per heavy atom. The van der Waals surface area contributed by atoms with E-state index >= 15 is 0 Å². The molecule has 0 spiro atoms. The lowest BCUT2D eigenvalue weighted by Crippen LogP contribution is -2.25. The van der Waals surface area contributed by atoms with Gasteiger partial charge >= 0.3 is 0 Å². The Labute approximate surface area is 137 Å². The van der Waals surface area contributed by atoms with Gasteiger partial charge in [-0.2, -0.15) is 0 Å². The minimum atomic E-state index is -0.0293. The van der Waals surface area contributed by atoms with Crippen molar-refractivity contribution in [2.45, 2.75) is 13.8 Å². The summed E-state index contributed by atoms with van der Waals surface area (Å²) in [7, 11) is 0. The van der Waals surface area contributed by atoms with Crippen LogP contribution in [-0.2, 0) is 0 Å². The smallest absolute Gasteiger partial charge is 0.262 e. The van der Waals surface area contributed by atoms with Crippen LogP contribution >= 0.6 is 0 Å². The molecule has 2 nitrogen and oxygen atoms in total. The Hall–Kier alpha value is -2.87. The Balaban J connectivity index is 2.08. The first-order valence-corrected chi connectivity index (χ1v) is 7.68. The number of anilines is 2. The number of carbonyl (C=O) groups is 1. The van der Waals surface area contributed by atoms with Crippen molar-refractivity contribution in [1.82, 2.24) is 0 Å². The Morgan fingerprint density at radius 3 is 1.52 bits per heavy atom. The molecule has 0 saturated carbocycles. The molecule has 2 heteroatoms. The number of carbonyl (C=O) groups excluding carboxylic acids is 1. The molecule has 0 N–H and O–H groups in total. The van der Waals surface area contributed by atoms with Crippen LogP contribution in [0.2, 0.25) is 0 Å². The quantitative estimate of drug-likeness (QED) is 0.644. The summed E-state index contributed by atoms with van der Waals surface area (Å²) in [5, 5.41) is 0. The van der Waals surface area contributed by atoms with Crippen molar-refractivity contribution in [3.63, 3.8) is 0 Å². The number of benzene rings is 3. The van der Waals surface area contributed by atoms with Crippen molar-refractivity contribution >= 4 is 17.3 Å². The molecule has 0 bridgehead atoms. The molecule has 3 aromatic carbocycles. The van der Waals surface area contributed by atoms with Crippen molar-refractivity contribution in [3.8, 4) is 0 Å². The van der Waals surface area contributed by atoms with Crippen molar-refractivity contribution < 1.29 is 4.79 Å². The van der Waals surface area contributed by atoms with E-state index in [1.807, 2.05) is 92.7 Å². The van der Waals surface area contributed by atoms with Gasteiger partial charge in [0.15, 0.2) is 0 Å². The molecule has 114 valence electrons. The molecule has 0 atom stereocenters. The molecular formula is C21H19NO. The number of hydrogen-bond donors (Lipinski definition) is 0. The monoisotopic (exact) mass is 301 g/mol. The maximum atomic E-state index is 13.0. The summed E-state index contributed by atoms with van der Waals surface area (Å²) in [6.07, 6.45) is 0. The fourth-order valence-electron chi connectivity index (χ4n) is 2.48. The van der Waals surface area contributed by atoms with E-state index in [0.717, 1.165) is 11.4 Å². The highest BCUT2D eigenvalue weighted by Gasteiger charge is 2.19. The summed E-state index contributed by atoms with van der Waals surface area (Å²) in [5.74, 6) is -0.0293. The third-order valence-electron chi connectivity index (χ3n) is 3.81. The molecule has 0 radical (unpaired) electrons. The highest BCUT2D eigenvalue weighted by atomic mass is 16.2. The Morgan fingerprint density at radius 2 is 1.09 bits per heavy atom. The van der Waals surface area contributed by atoms with Crippen LogP contribution in [0, 0.1) is 13.8 Å². The van der Waals surface area contributed by atoms with Gasteiger partial charge in [-0.25, -0.2) is 0 Å². The molecule has 0 aliphatic heterocycles. The van der Waals surface area contributed by atoms with E-state index in [4.69, 9.17) is 0 Å². The first kappa shape index (κ1) is 15.0.